The summed E-state index contributed by atoms with van der Waals surface area (Å²) in [5, 5.41) is 12.8. The molecule has 2 aromatic carbocycles. The molecule has 4 aromatic rings. The van der Waals surface area contributed by atoms with Gasteiger partial charge >= 0.3 is 0 Å². The number of aryl methyl sites for hydroxylation is 1. The van der Waals surface area contributed by atoms with Crippen LogP contribution in [0.3, 0.4) is 0 Å². The summed E-state index contributed by atoms with van der Waals surface area (Å²) in [5.74, 6) is 2.02. The molecule has 5 rings (SSSR count). The Balaban J connectivity index is 1.16. The highest BCUT2D eigenvalue weighted by molar-refractivity contribution is 6.42. The molecule has 1 unspecified atom stereocenters. The van der Waals surface area contributed by atoms with E-state index in [1.165, 1.54) is 5.56 Å². The molecule has 0 aliphatic carbocycles. The minimum absolute atomic E-state index is 0.242. The molecule has 2 aromatic heterocycles. The van der Waals surface area contributed by atoms with Crippen LogP contribution in [0.15, 0.2) is 48.7 Å². The van der Waals surface area contributed by atoms with Crippen LogP contribution >= 0.6 is 23.2 Å². The maximum absolute atomic E-state index is 10.6. The van der Waals surface area contributed by atoms with Crippen molar-refractivity contribution in [1.82, 2.24) is 19.9 Å². The number of aliphatic hydroxyl groups excluding tert-OH is 1. The quantitative estimate of drug-likeness (QED) is 0.301. The number of imidazole rings is 1. The first-order chi connectivity index (χ1) is 16.5. The Hall–Kier alpha value is -2.51. The highest BCUT2D eigenvalue weighted by Gasteiger charge is 2.23. The number of rotatable bonds is 7. The zero-order valence-electron chi connectivity index (χ0n) is 19.0. The number of likely N-dealkylation sites (tertiary alicyclic amines) is 1. The third-order valence-electron chi connectivity index (χ3n) is 6.48. The second kappa shape index (κ2) is 10.0. The first kappa shape index (κ1) is 23.2. The Morgan fingerprint density at radius 2 is 1.94 bits per heavy atom. The maximum Gasteiger partial charge on any atom is 0.154 e. The third kappa shape index (κ3) is 5.10. The SMILES string of the molecule is Cc1cnc(-c2cc3c(OCC(O)CN4CCC(c5ccc(Cl)c(Cl)c5)CC4)cccc3[nH]2)[nH]1. The summed E-state index contributed by atoms with van der Waals surface area (Å²) in [4.78, 5) is 13.3. The van der Waals surface area contributed by atoms with Crippen molar-refractivity contribution in [3.05, 3.63) is 70.0 Å². The van der Waals surface area contributed by atoms with Crippen LogP contribution in [0.1, 0.15) is 30.0 Å². The lowest BCUT2D eigenvalue weighted by Crippen LogP contribution is -2.40. The van der Waals surface area contributed by atoms with Gasteiger partial charge in [-0.3, -0.25) is 0 Å². The van der Waals surface area contributed by atoms with E-state index in [9.17, 15) is 5.11 Å². The molecular weight excluding hydrogens is 471 g/mol. The number of aromatic nitrogens is 3. The number of aromatic amines is 2. The smallest absolute Gasteiger partial charge is 0.154 e. The average Bonchev–Trinajstić information content (AvgIpc) is 3.46. The standard InChI is InChI=1S/C26H28Cl2N4O2/c1-16-13-29-26(30-16)24-12-20-23(31-24)3-2-4-25(20)34-15-19(33)14-32-9-7-17(8-10-32)18-5-6-21(27)22(28)11-18/h2-6,11-13,17,19,31,33H,7-10,14-15H2,1H3,(H,29,30). The number of benzene rings is 2. The summed E-state index contributed by atoms with van der Waals surface area (Å²) in [6.45, 7) is 4.67. The summed E-state index contributed by atoms with van der Waals surface area (Å²) in [6.07, 6.45) is 3.30. The van der Waals surface area contributed by atoms with E-state index < -0.39 is 6.10 Å². The first-order valence-corrected chi connectivity index (χ1v) is 12.3. The Morgan fingerprint density at radius 1 is 1.12 bits per heavy atom. The molecular formula is C26H28Cl2N4O2. The van der Waals surface area contributed by atoms with Crippen molar-refractivity contribution >= 4 is 34.1 Å². The monoisotopic (exact) mass is 498 g/mol. The predicted octanol–water partition coefficient (Wildman–Crippen LogP) is 5.79. The minimum atomic E-state index is -0.567. The van der Waals surface area contributed by atoms with Crippen LogP contribution in [-0.4, -0.2) is 57.3 Å². The summed E-state index contributed by atoms with van der Waals surface area (Å²) < 4.78 is 6.04. The molecule has 1 atom stereocenters. The van der Waals surface area contributed by atoms with Crippen LogP contribution < -0.4 is 4.74 Å². The lowest BCUT2D eigenvalue weighted by molar-refractivity contribution is 0.0599. The number of piperidine rings is 1. The molecule has 0 radical (unpaired) electrons. The van der Waals surface area contributed by atoms with E-state index in [0.29, 0.717) is 22.5 Å². The van der Waals surface area contributed by atoms with Gasteiger partial charge in [0.15, 0.2) is 5.82 Å². The van der Waals surface area contributed by atoms with E-state index in [2.05, 4.69) is 25.9 Å². The molecule has 1 saturated heterocycles. The van der Waals surface area contributed by atoms with Crippen molar-refractivity contribution in [2.24, 2.45) is 0 Å². The zero-order valence-corrected chi connectivity index (χ0v) is 20.5. The van der Waals surface area contributed by atoms with E-state index in [0.717, 1.165) is 59.8 Å². The second-order valence-electron chi connectivity index (χ2n) is 9.03. The molecule has 8 heteroatoms. The van der Waals surface area contributed by atoms with Crippen LogP contribution in [0.25, 0.3) is 22.4 Å². The number of ether oxygens (including phenoxy) is 1. The number of fused-ring (bicyclic) bond motifs is 1. The molecule has 1 aliphatic rings. The molecule has 3 heterocycles. The van der Waals surface area contributed by atoms with Crippen LogP contribution in [0, 0.1) is 6.92 Å². The zero-order chi connectivity index (χ0) is 23.7. The highest BCUT2D eigenvalue weighted by Crippen LogP contribution is 2.33. The lowest BCUT2D eigenvalue weighted by Gasteiger charge is -2.33. The molecule has 1 aliphatic heterocycles. The summed E-state index contributed by atoms with van der Waals surface area (Å²) in [6, 6.07) is 13.8. The number of H-pyrrole nitrogens is 2. The van der Waals surface area contributed by atoms with Crippen molar-refractivity contribution in [1.29, 1.82) is 0 Å². The Morgan fingerprint density at radius 3 is 2.68 bits per heavy atom. The minimum Gasteiger partial charge on any atom is -0.490 e. The molecule has 1 fully saturated rings. The van der Waals surface area contributed by atoms with Crippen molar-refractivity contribution in [2.45, 2.75) is 31.8 Å². The Kier molecular flexibility index (Phi) is 6.84. The van der Waals surface area contributed by atoms with Crippen LogP contribution in [0.4, 0.5) is 0 Å². The van der Waals surface area contributed by atoms with E-state index in [1.807, 2.05) is 49.5 Å². The van der Waals surface area contributed by atoms with Gasteiger partial charge in [0, 0.05) is 29.3 Å². The van der Waals surface area contributed by atoms with Gasteiger partial charge < -0.3 is 24.7 Å². The highest BCUT2D eigenvalue weighted by atomic mass is 35.5. The van der Waals surface area contributed by atoms with E-state index in [-0.39, 0.29) is 6.61 Å². The van der Waals surface area contributed by atoms with Crippen molar-refractivity contribution in [3.8, 4) is 17.3 Å². The number of aliphatic hydroxyl groups is 1. The molecule has 0 spiro atoms. The van der Waals surface area contributed by atoms with E-state index in [1.54, 1.807) is 0 Å². The van der Waals surface area contributed by atoms with Gasteiger partial charge in [-0.15, -0.1) is 0 Å². The molecule has 3 N–H and O–H groups in total. The van der Waals surface area contributed by atoms with Gasteiger partial charge in [0.25, 0.3) is 0 Å². The maximum atomic E-state index is 10.6. The van der Waals surface area contributed by atoms with Crippen molar-refractivity contribution in [2.75, 3.05) is 26.2 Å². The number of halogens is 2. The lowest BCUT2D eigenvalue weighted by atomic mass is 9.89. The largest absolute Gasteiger partial charge is 0.490 e. The molecule has 0 bridgehead atoms. The van der Waals surface area contributed by atoms with Crippen LogP contribution in [0.2, 0.25) is 10.0 Å². The fourth-order valence-electron chi connectivity index (χ4n) is 4.68. The Bertz CT molecular complexity index is 1280. The fraction of sp³-hybridized carbons (Fsp3) is 0.346. The summed E-state index contributed by atoms with van der Waals surface area (Å²) in [7, 11) is 0. The van der Waals surface area contributed by atoms with Gasteiger partial charge in [-0.05, 0) is 74.7 Å². The van der Waals surface area contributed by atoms with Crippen LogP contribution in [0.5, 0.6) is 5.75 Å². The van der Waals surface area contributed by atoms with Gasteiger partial charge in [0.1, 0.15) is 18.5 Å². The van der Waals surface area contributed by atoms with Crippen LogP contribution in [-0.2, 0) is 0 Å². The normalized spacial score (nSPS) is 16.2. The average molecular weight is 499 g/mol. The number of nitrogens with zero attached hydrogens (tertiary/aromatic N) is 2. The molecule has 178 valence electrons. The van der Waals surface area contributed by atoms with E-state index in [4.69, 9.17) is 27.9 Å². The second-order valence-corrected chi connectivity index (χ2v) is 9.84. The number of hydrogen-bond donors (Lipinski definition) is 3. The Labute approximate surface area is 208 Å². The van der Waals surface area contributed by atoms with Crippen molar-refractivity contribution in [3.63, 3.8) is 0 Å². The summed E-state index contributed by atoms with van der Waals surface area (Å²) in [5.41, 5.74) is 4.13. The topological polar surface area (TPSA) is 77.2 Å². The number of nitrogens with one attached hydrogen (secondary N) is 2. The number of β-amino-alcohol motifs (C(OH)–C–C–N with tert-alkyl or cyclic N) is 1. The predicted molar refractivity (Wildman–Crippen MR) is 137 cm³/mol. The van der Waals surface area contributed by atoms with Gasteiger partial charge in [0.2, 0.25) is 0 Å². The van der Waals surface area contributed by atoms with Crippen molar-refractivity contribution < 1.29 is 9.84 Å². The fourth-order valence-corrected chi connectivity index (χ4v) is 4.99. The van der Waals surface area contributed by atoms with Gasteiger partial charge in [0.05, 0.1) is 15.7 Å². The number of hydrogen-bond acceptors (Lipinski definition) is 4. The summed E-state index contributed by atoms with van der Waals surface area (Å²) >= 11 is 12.2. The molecule has 34 heavy (non-hydrogen) atoms. The van der Waals surface area contributed by atoms with Gasteiger partial charge in [-0.1, -0.05) is 35.3 Å². The first-order valence-electron chi connectivity index (χ1n) is 11.6. The van der Waals surface area contributed by atoms with Gasteiger partial charge in [-0.2, -0.15) is 0 Å². The van der Waals surface area contributed by atoms with Gasteiger partial charge in [-0.25, -0.2) is 4.98 Å². The molecule has 6 nitrogen and oxygen atoms in total. The molecule has 0 amide bonds. The third-order valence-corrected chi connectivity index (χ3v) is 7.22. The van der Waals surface area contributed by atoms with E-state index >= 15 is 0 Å². The molecule has 0 saturated carbocycles.